The molecule has 0 aliphatic rings. The van der Waals surface area contributed by atoms with Crippen LogP contribution in [0, 0.1) is 6.92 Å². The topological polar surface area (TPSA) is 109 Å². The van der Waals surface area contributed by atoms with Gasteiger partial charge in [0.15, 0.2) is 10.9 Å². The third-order valence-corrected chi connectivity index (χ3v) is 4.05. The molecule has 2 aromatic heterocycles. The van der Waals surface area contributed by atoms with Crippen LogP contribution >= 0.6 is 11.8 Å². The van der Waals surface area contributed by atoms with Gasteiger partial charge in [0.1, 0.15) is 11.6 Å². The molecule has 0 fully saturated rings. The van der Waals surface area contributed by atoms with Crippen LogP contribution in [0.4, 0.5) is 0 Å². The maximum Gasteiger partial charge on any atom is 0.360 e. The Bertz CT molecular complexity index is 637. The predicted molar refractivity (Wildman–Crippen MR) is 75.9 cm³/mol. The number of hydrogen-bond acceptors (Lipinski definition) is 8. The molecule has 0 unspecified atom stereocenters. The van der Waals surface area contributed by atoms with Gasteiger partial charge in [0.05, 0.1) is 7.11 Å². The molecule has 2 N–H and O–H groups in total. The molecule has 21 heavy (non-hydrogen) atoms. The van der Waals surface area contributed by atoms with Crippen molar-refractivity contribution in [3.63, 3.8) is 0 Å². The average molecular weight is 311 g/mol. The van der Waals surface area contributed by atoms with Gasteiger partial charge in [-0.2, -0.15) is 0 Å². The zero-order valence-corrected chi connectivity index (χ0v) is 12.9. The molecule has 0 radical (unpaired) electrons. The van der Waals surface area contributed by atoms with Gasteiger partial charge in [0.25, 0.3) is 0 Å². The highest BCUT2D eigenvalue weighted by atomic mass is 32.2. The van der Waals surface area contributed by atoms with E-state index in [4.69, 9.17) is 10.3 Å². The van der Waals surface area contributed by atoms with Gasteiger partial charge < -0.3 is 19.6 Å². The molecule has 0 spiro atoms. The summed E-state index contributed by atoms with van der Waals surface area (Å²) < 4.78 is 11.6. The van der Waals surface area contributed by atoms with Crippen molar-refractivity contribution in [2.45, 2.75) is 24.3 Å². The fourth-order valence-electron chi connectivity index (χ4n) is 1.77. The van der Waals surface area contributed by atoms with Gasteiger partial charge >= 0.3 is 5.97 Å². The lowest BCUT2D eigenvalue weighted by atomic mass is 10.2. The summed E-state index contributed by atoms with van der Waals surface area (Å²) >= 11 is 1.45. The lowest BCUT2D eigenvalue weighted by molar-refractivity contribution is 0.0588. The number of thioether (sulfide) groups is 1. The van der Waals surface area contributed by atoms with Crippen LogP contribution < -0.4 is 5.73 Å². The van der Waals surface area contributed by atoms with E-state index in [0.29, 0.717) is 30.0 Å². The molecule has 8 nitrogen and oxygen atoms in total. The van der Waals surface area contributed by atoms with E-state index in [1.165, 1.54) is 18.9 Å². The van der Waals surface area contributed by atoms with Crippen molar-refractivity contribution in [1.29, 1.82) is 0 Å². The molecular formula is C12H17N5O3S. The number of rotatable bonds is 6. The molecular weight excluding hydrogens is 294 g/mol. The van der Waals surface area contributed by atoms with Crippen molar-refractivity contribution >= 4 is 17.7 Å². The highest BCUT2D eigenvalue weighted by molar-refractivity contribution is 7.98. The molecule has 0 aliphatic heterocycles. The highest BCUT2D eigenvalue weighted by Gasteiger charge is 2.21. The van der Waals surface area contributed by atoms with Crippen LogP contribution in [-0.2, 0) is 24.0 Å². The van der Waals surface area contributed by atoms with Crippen LogP contribution in [0.5, 0.6) is 0 Å². The highest BCUT2D eigenvalue weighted by Crippen LogP contribution is 2.25. The molecule has 0 saturated carbocycles. The van der Waals surface area contributed by atoms with E-state index in [1.54, 1.807) is 6.92 Å². The number of esters is 1. The fourth-order valence-corrected chi connectivity index (χ4v) is 2.78. The van der Waals surface area contributed by atoms with E-state index in [9.17, 15) is 4.79 Å². The zero-order valence-electron chi connectivity index (χ0n) is 12.1. The summed E-state index contributed by atoms with van der Waals surface area (Å²) in [7, 11) is 3.19. The molecule has 114 valence electrons. The van der Waals surface area contributed by atoms with Gasteiger partial charge in [-0.25, -0.2) is 4.79 Å². The Labute approximate surface area is 126 Å². The Morgan fingerprint density at radius 2 is 2.24 bits per heavy atom. The van der Waals surface area contributed by atoms with Gasteiger partial charge in [0.2, 0.25) is 0 Å². The van der Waals surface area contributed by atoms with Crippen molar-refractivity contribution in [1.82, 2.24) is 19.9 Å². The first kappa shape index (κ1) is 15.5. The van der Waals surface area contributed by atoms with E-state index in [1.807, 2.05) is 11.6 Å². The molecule has 2 heterocycles. The average Bonchev–Trinajstić information content (AvgIpc) is 3.01. The minimum Gasteiger partial charge on any atom is -0.464 e. The van der Waals surface area contributed by atoms with Crippen molar-refractivity contribution < 1.29 is 14.1 Å². The molecule has 0 aliphatic carbocycles. The van der Waals surface area contributed by atoms with Crippen LogP contribution in [0.25, 0.3) is 0 Å². The summed E-state index contributed by atoms with van der Waals surface area (Å²) in [4.78, 5) is 11.6. The van der Waals surface area contributed by atoms with Crippen molar-refractivity contribution in [2.24, 2.45) is 12.8 Å². The minimum atomic E-state index is -0.510. The Morgan fingerprint density at radius 1 is 1.48 bits per heavy atom. The standard InChI is InChI=1S/C12H17N5O3S/c1-7-8(10(16-20-7)11(18)19-3)6-21-12-15-14-9(4-5-13)17(12)2/h4-6,13H2,1-3H3. The Kier molecular flexibility index (Phi) is 4.97. The number of methoxy groups -OCH3 is 1. The van der Waals surface area contributed by atoms with Gasteiger partial charge in [-0.1, -0.05) is 16.9 Å². The second-order valence-electron chi connectivity index (χ2n) is 4.34. The van der Waals surface area contributed by atoms with E-state index < -0.39 is 5.97 Å². The maximum atomic E-state index is 11.6. The second-order valence-corrected chi connectivity index (χ2v) is 5.29. The van der Waals surface area contributed by atoms with E-state index in [2.05, 4.69) is 20.1 Å². The summed E-state index contributed by atoms with van der Waals surface area (Å²) in [6, 6.07) is 0. The Hall–Kier alpha value is -1.87. The molecule has 0 amide bonds. The quantitative estimate of drug-likeness (QED) is 0.613. The van der Waals surface area contributed by atoms with E-state index in [0.717, 1.165) is 11.0 Å². The predicted octanol–water partition coefficient (Wildman–Crippen LogP) is 0.692. The van der Waals surface area contributed by atoms with Crippen molar-refractivity contribution in [3.05, 3.63) is 22.8 Å². The molecule has 0 atom stereocenters. The SMILES string of the molecule is COC(=O)c1noc(C)c1CSc1nnc(CCN)n1C. The van der Waals surface area contributed by atoms with Gasteiger partial charge in [-0.05, 0) is 13.5 Å². The number of carbonyl (C=O) groups is 1. The third-order valence-electron chi connectivity index (χ3n) is 3.00. The molecule has 9 heteroatoms. The number of aromatic nitrogens is 4. The van der Waals surface area contributed by atoms with E-state index >= 15 is 0 Å². The first-order chi connectivity index (χ1) is 10.1. The molecule has 2 rings (SSSR count). The summed E-state index contributed by atoms with van der Waals surface area (Å²) in [5.74, 6) is 1.40. The first-order valence-electron chi connectivity index (χ1n) is 6.33. The lowest BCUT2D eigenvalue weighted by Gasteiger charge is -2.03. The normalized spacial score (nSPS) is 10.9. The monoisotopic (exact) mass is 311 g/mol. The van der Waals surface area contributed by atoms with E-state index in [-0.39, 0.29) is 5.69 Å². The number of ether oxygens (including phenoxy) is 1. The first-order valence-corrected chi connectivity index (χ1v) is 7.31. The summed E-state index contributed by atoms with van der Waals surface area (Å²) in [6.45, 7) is 2.28. The fraction of sp³-hybridized carbons (Fsp3) is 0.500. The number of nitrogens with two attached hydrogens (primary N) is 1. The van der Waals surface area contributed by atoms with Gasteiger partial charge in [-0.15, -0.1) is 10.2 Å². The Morgan fingerprint density at radius 3 is 2.90 bits per heavy atom. The van der Waals surface area contributed by atoms with Crippen LogP contribution in [0.1, 0.15) is 27.6 Å². The maximum absolute atomic E-state index is 11.6. The molecule has 0 bridgehead atoms. The number of nitrogens with zero attached hydrogens (tertiary/aromatic N) is 4. The number of aryl methyl sites for hydroxylation is 1. The van der Waals surface area contributed by atoms with Gasteiger partial charge in [-0.3, -0.25) is 0 Å². The third kappa shape index (κ3) is 3.24. The van der Waals surface area contributed by atoms with Crippen LogP contribution in [0.15, 0.2) is 9.68 Å². The van der Waals surface area contributed by atoms with Crippen LogP contribution in [0.2, 0.25) is 0 Å². The number of carbonyl (C=O) groups excluding carboxylic acids is 1. The van der Waals surface area contributed by atoms with Crippen LogP contribution in [-0.4, -0.2) is 39.5 Å². The van der Waals surface area contributed by atoms with Gasteiger partial charge in [0, 0.05) is 24.8 Å². The summed E-state index contributed by atoms with van der Waals surface area (Å²) in [6.07, 6.45) is 0.670. The molecule has 0 saturated heterocycles. The van der Waals surface area contributed by atoms with Crippen molar-refractivity contribution in [2.75, 3.05) is 13.7 Å². The smallest absolute Gasteiger partial charge is 0.360 e. The van der Waals surface area contributed by atoms with Crippen molar-refractivity contribution in [3.8, 4) is 0 Å². The molecule has 0 aromatic carbocycles. The lowest BCUT2D eigenvalue weighted by Crippen LogP contribution is -2.08. The summed E-state index contributed by atoms with van der Waals surface area (Å²) in [5.41, 5.74) is 6.42. The zero-order chi connectivity index (χ0) is 15.4. The minimum absolute atomic E-state index is 0.201. The van der Waals surface area contributed by atoms with Crippen LogP contribution in [0.3, 0.4) is 0 Å². The number of hydrogen-bond donors (Lipinski definition) is 1. The molecule has 2 aromatic rings. The summed E-state index contributed by atoms with van der Waals surface area (Å²) in [5, 5.41) is 12.7. The second kappa shape index (κ2) is 6.72. The Balaban J connectivity index is 2.13. The largest absolute Gasteiger partial charge is 0.464 e.